The molecule has 2 aliphatic carbocycles. The molecule has 1 aromatic carbocycles. The number of carbonyl (C=O) groups is 4. The lowest BCUT2D eigenvalue weighted by atomic mass is 9.85. The molecule has 0 spiro atoms. The summed E-state index contributed by atoms with van der Waals surface area (Å²) in [5.41, 5.74) is -4.66. The van der Waals surface area contributed by atoms with Crippen molar-refractivity contribution in [2.24, 2.45) is 17.8 Å². The Kier molecular flexibility index (Phi) is 11.8. The SMILES string of the molecule is COc1cc(O[C@@H]2C[C@H]3C(=O)N[C@]4(C(=O)NS(=O)(=O)C5(C)CC5)C[C@H]4/C=C\CC[C@@H](C)C[C@@H](C)[C@H](N(C(=O)O)C(C)(C)C(F)(F)F)C(=O)N3C2)c2cc(F)c(OC)cc2n1. The highest BCUT2D eigenvalue weighted by molar-refractivity contribution is 7.91. The van der Waals surface area contributed by atoms with E-state index in [0.717, 1.165) is 11.0 Å². The number of alkyl halides is 3. The molecule has 3 N–H and O–H groups in total. The van der Waals surface area contributed by atoms with Gasteiger partial charge in [-0.15, -0.1) is 0 Å². The molecule has 3 heterocycles. The third kappa shape index (κ3) is 8.27. The van der Waals surface area contributed by atoms with Crippen LogP contribution in [0.5, 0.6) is 17.4 Å². The predicted molar refractivity (Wildman–Crippen MR) is 208 cm³/mol. The standard InChI is InChI=1S/C40H51F4N5O10S/c1-21-10-8-9-11-23-19-39(23,35(52)47-60(55,56)38(5)12-13-38)46-33(50)28-15-24(59-29-18-31(58-7)45-27-17-30(57-6)26(41)16-25(27)29)20-48(28)34(51)32(22(2)14-21)49(36(53)54)37(3,4)40(42,43)44/h9,11,16-18,21-24,28,32H,8,10,12-15,19-20H2,1-7H3,(H,46,50)(H,47,52)(H,53,54)/b11-9-/t21-,22-,23-,24-,28+,32+,39-/m1/s1. The van der Waals surface area contributed by atoms with E-state index in [1.807, 2.05) is 6.92 Å². The van der Waals surface area contributed by atoms with Crippen LogP contribution in [0.25, 0.3) is 10.9 Å². The Labute approximate surface area is 345 Å². The van der Waals surface area contributed by atoms with Crippen molar-refractivity contribution in [3.63, 3.8) is 0 Å². The van der Waals surface area contributed by atoms with E-state index in [1.54, 1.807) is 12.2 Å². The molecule has 0 radical (unpaired) electrons. The Bertz CT molecular complexity index is 2200. The first kappa shape index (κ1) is 44.7. The van der Waals surface area contributed by atoms with Gasteiger partial charge in [0.15, 0.2) is 11.6 Å². The van der Waals surface area contributed by atoms with Crippen LogP contribution in [0.3, 0.4) is 0 Å². The number of fused-ring (bicyclic) bond motifs is 3. The zero-order valence-electron chi connectivity index (χ0n) is 34.4. The molecule has 0 bridgehead atoms. The van der Waals surface area contributed by atoms with Gasteiger partial charge in [0.2, 0.25) is 27.7 Å². The number of nitrogens with one attached hydrogen (secondary N) is 2. The first-order valence-corrected chi connectivity index (χ1v) is 21.2. The second-order valence-electron chi connectivity index (χ2n) is 17.3. The van der Waals surface area contributed by atoms with Crippen molar-refractivity contribution in [3.05, 3.63) is 36.2 Å². The van der Waals surface area contributed by atoms with E-state index in [9.17, 15) is 41.1 Å². The number of hydrogen-bond acceptors (Lipinski definition) is 10. The first-order chi connectivity index (χ1) is 27.9. The third-order valence-corrected chi connectivity index (χ3v) is 14.7. The molecule has 2 aromatic rings. The van der Waals surface area contributed by atoms with E-state index in [0.29, 0.717) is 39.5 Å². The van der Waals surface area contributed by atoms with Crippen LogP contribution in [-0.2, 0) is 24.4 Å². The van der Waals surface area contributed by atoms with Crippen LogP contribution < -0.4 is 24.2 Å². The van der Waals surface area contributed by atoms with Crippen LogP contribution >= 0.6 is 0 Å². The Morgan fingerprint density at radius 3 is 2.35 bits per heavy atom. The van der Waals surface area contributed by atoms with Gasteiger partial charge in [-0.05, 0) is 77.2 Å². The normalized spacial score (nSPS) is 28.9. The van der Waals surface area contributed by atoms with E-state index in [4.69, 9.17) is 14.2 Å². The minimum absolute atomic E-state index is 0.00475. The molecule has 2 saturated carbocycles. The van der Waals surface area contributed by atoms with Gasteiger partial charge in [-0.1, -0.05) is 26.0 Å². The lowest BCUT2D eigenvalue weighted by molar-refractivity contribution is -0.222. The molecule has 3 fully saturated rings. The Morgan fingerprint density at radius 2 is 1.75 bits per heavy atom. The lowest BCUT2D eigenvalue weighted by Gasteiger charge is -2.45. The summed E-state index contributed by atoms with van der Waals surface area (Å²) in [6.07, 6.45) is -3.43. The fourth-order valence-corrected chi connectivity index (χ4v) is 9.61. The number of allylic oxidation sites excluding steroid dienone is 1. The van der Waals surface area contributed by atoms with Crippen molar-refractivity contribution >= 4 is 44.7 Å². The quantitative estimate of drug-likeness (QED) is 0.218. The average molecular weight is 870 g/mol. The number of nitrogens with zero attached hydrogens (tertiary/aromatic N) is 3. The van der Waals surface area contributed by atoms with E-state index in [1.165, 1.54) is 40.2 Å². The summed E-state index contributed by atoms with van der Waals surface area (Å²) in [4.78, 5) is 61.9. The highest BCUT2D eigenvalue weighted by atomic mass is 32.2. The summed E-state index contributed by atoms with van der Waals surface area (Å²) in [5, 5.41) is 13.3. The molecule has 15 nitrogen and oxygen atoms in total. The van der Waals surface area contributed by atoms with E-state index in [-0.39, 0.29) is 58.4 Å². The molecule has 7 atom stereocenters. The largest absolute Gasteiger partial charge is 0.494 e. The summed E-state index contributed by atoms with van der Waals surface area (Å²) in [6, 6.07) is 0.223. The fourth-order valence-electron chi connectivity index (χ4n) is 8.30. The number of ether oxygens (including phenoxy) is 3. The third-order valence-electron chi connectivity index (χ3n) is 12.5. The first-order valence-electron chi connectivity index (χ1n) is 19.7. The van der Waals surface area contributed by atoms with Gasteiger partial charge < -0.3 is 29.5 Å². The minimum atomic E-state index is -5.13. The molecule has 6 rings (SSSR count). The molecule has 4 amide bonds. The number of benzene rings is 1. The Hall–Kier alpha value is -4.88. The summed E-state index contributed by atoms with van der Waals surface area (Å²) >= 11 is 0. The number of rotatable bonds is 9. The minimum Gasteiger partial charge on any atom is -0.494 e. The number of hydrogen-bond donors (Lipinski definition) is 3. The van der Waals surface area contributed by atoms with Gasteiger partial charge in [0.25, 0.3) is 5.91 Å². The maximum absolute atomic E-state index is 15.0. The van der Waals surface area contributed by atoms with Crippen molar-refractivity contribution in [3.8, 4) is 17.4 Å². The van der Waals surface area contributed by atoms with Crippen LogP contribution in [0, 0.1) is 23.6 Å². The zero-order chi connectivity index (χ0) is 44.3. The van der Waals surface area contributed by atoms with Crippen LogP contribution in [0.4, 0.5) is 22.4 Å². The van der Waals surface area contributed by atoms with Gasteiger partial charge in [0, 0.05) is 29.9 Å². The molecule has 60 heavy (non-hydrogen) atoms. The number of pyridine rings is 1. The number of amides is 4. The number of halogens is 4. The Morgan fingerprint density at radius 1 is 1.07 bits per heavy atom. The molecular formula is C40H51F4N5O10S. The highest BCUT2D eigenvalue weighted by Crippen LogP contribution is 2.48. The molecular weight excluding hydrogens is 819 g/mol. The van der Waals surface area contributed by atoms with Crippen molar-refractivity contribution in [1.82, 2.24) is 24.8 Å². The molecule has 20 heteroatoms. The van der Waals surface area contributed by atoms with Crippen molar-refractivity contribution in [2.45, 2.75) is 120 Å². The molecule has 1 saturated heterocycles. The van der Waals surface area contributed by atoms with Gasteiger partial charge in [-0.2, -0.15) is 13.2 Å². The van der Waals surface area contributed by atoms with E-state index in [2.05, 4.69) is 15.0 Å². The summed E-state index contributed by atoms with van der Waals surface area (Å²) in [6.45, 7) is 5.66. The molecule has 4 aliphatic rings. The molecule has 1 aromatic heterocycles. The van der Waals surface area contributed by atoms with Crippen LogP contribution in [0.1, 0.15) is 79.6 Å². The predicted octanol–water partition coefficient (Wildman–Crippen LogP) is 5.31. The summed E-state index contributed by atoms with van der Waals surface area (Å²) < 4.78 is 103. The zero-order valence-corrected chi connectivity index (χ0v) is 35.2. The lowest BCUT2D eigenvalue weighted by Crippen LogP contribution is -2.66. The fraction of sp³-hybridized carbons (Fsp3) is 0.625. The number of methoxy groups -OCH3 is 2. The number of carbonyl (C=O) groups excluding carboxylic acids is 3. The van der Waals surface area contributed by atoms with Gasteiger partial charge in [0.1, 0.15) is 35.0 Å². The maximum atomic E-state index is 15.0. The smallest absolute Gasteiger partial charge is 0.411 e. The topological polar surface area (TPSA) is 194 Å². The average Bonchev–Trinajstić information content (AvgIpc) is 4.04. The van der Waals surface area contributed by atoms with Crippen LogP contribution in [-0.4, -0.2) is 113 Å². The van der Waals surface area contributed by atoms with E-state index >= 15 is 9.18 Å². The number of carboxylic acid groups (broad SMARTS) is 1. The monoisotopic (exact) mass is 869 g/mol. The van der Waals surface area contributed by atoms with Crippen LogP contribution in [0.15, 0.2) is 30.4 Å². The second kappa shape index (κ2) is 15.9. The molecule has 330 valence electrons. The second-order valence-corrected chi connectivity index (χ2v) is 19.5. The number of aromatic nitrogens is 1. The summed E-state index contributed by atoms with van der Waals surface area (Å²) in [7, 11) is -1.57. The van der Waals surface area contributed by atoms with Gasteiger partial charge in [-0.25, -0.2) is 22.6 Å². The number of sulfonamides is 1. The maximum Gasteiger partial charge on any atom is 0.411 e. The highest BCUT2D eigenvalue weighted by Gasteiger charge is 2.64. The van der Waals surface area contributed by atoms with E-state index < -0.39 is 98.2 Å². The summed E-state index contributed by atoms with van der Waals surface area (Å²) in [5.74, 6) is -5.78. The molecule has 0 unspecified atom stereocenters. The van der Waals surface area contributed by atoms with Gasteiger partial charge in [-0.3, -0.25) is 24.0 Å². The van der Waals surface area contributed by atoms with Gasteiger partial charge >= 0.3 is 12.3 Å². The Balaban J connectivity index is 1.45. The van der Waals surface area contributed by atoms with Crippen molar-refractivity contribution in [2.75, 3.05) is 20.8 Å². The van der Waals surface area contributed by atoms with Crippen molar-refractivity contribution in [1.29, 1.82) is 0 Å². The van der Waals surface area contributed by atoms with Crippen LogP contribution in [0.2, 0.25) is 0 Å². The molecule has 2 aliphatic heterocycles. The van der Waals surface area contributed by atoms with Gasteiger partial charge in [0.05, 0.1) is 31.0 Å². The van der Waals surface area contributed by atoms with Crippen molar-refractivity contribution < 1.29 is 64.5 Å².